The van der Waals surface area contributed by atoms with Crippen LogP contribution in [0.25, 0.3) is 55.3 Å². The molecule has 37 heavy (non-hydrogen) atoms. The molecule has 3 heteroatoms. The fourth-order valence-electron chi connectivity index (χ4n) is 5.93. The molecule has 1 aliphatic heterocycles. The first-order valence-electron chi connectivity index (χ1n) is 13.1. The molecule has 1 saturated heterocycles. The van der Waals surface area contributed by atoms with Crippen LogP contribution < -0.4 is 5.46 Å². The molecule has 7 rings (SSSR count). The molecule has 0 radical (unpaired) electrons. The van der Waals surface area contributed by atoms with Crippen molar-refractivity contribution in [2.45, 2.75) is 38.9 Å². The van der Waals surface area contributed by atoms with E-state index in [4.69, 9.17) is 9.31 Å². The topological polar surface area (TPSA) is 18.5 Å². The molecule has 0 N–H and O–H groups in total. The van der Waals surface area contributed by atoms with Gasteiger partial charge in [-0.05, 0) is 88.4 Å². The molecule has 0 atom stereocenters. The largest absolute Gasteiger partial charge is 0.495 e. The van der Waals surface area contributed by atoms with Crippen LogP contribution in [-0.2, 0) is 9.31 Å². The molecule has 2 aliphatic rings. The van der Waals surface area contributed by atoms with Crippen LogP contribution in [-0.4, -0.2) is 18.3 Å². The van der Waals surface area contributed by atoms with Crippen molar-refractivity contribution >= 4 is 23.4 Å². The lowest BCUT2D eigenvalue weighted by atomic mass is 9.70. The lowest BCUT2D eigenvalue weighted by molar-refractivity contribution is 0.00578. The van der Waals surface area contributed by atoms with Crippen molar-refractivity contribution in [3.8, 4) is 44.5 Å². The highest BCUT2D eigenvalue weighted by atomic mass is 16.7. The highest BCUT2D eigenvalue weighted by Crippen LogP contribution is 2.54. The van der Waals surface area contributed by atoms with Gasteiger partial charge in [0.1, 0.15) is 0 Å². The van der Waals surface area contributed by atoms with Crippen molar-refractivity contribution in [2.75, 3.05) is 0 Å². The molecule has 0 spiro atoms. The summed E-state index contributed by atoms with van der Waals surface area (Å²) in [5.74, 6) is 0. The Kier molecular flexibility index (Phi) is 4.82. The fourth-order valence-corrected chi connectivity index (χ4v) is 5.93. The molecule has 0 amide bonds. The molecule has 0 saturated carbocycles. The van der Waals surface area contributed by atoms with Crippen molar-refractivity contribution in [3.05, 3.63) is 103 Å². The molecule has 1 heterocycles. The van der Waals surface area contributed by atoms with E-state index < -0.39 is 18.3 Å². The van der Waals surface area contributed by atoms with Gasteiger partial charge in [0.25, 0.3) is 0 Å². The highest BCUT2D eigenvalue weighted by molar-refractivity contribution is 6.64. The second-order valence-corrected chi connectivity index (χ2v) is 11.2. The summed E-state index contributed by atoms with van der Waals surface area (Å²) in [6.07, 6.45) is 0. The van der Waals surface area contributed by atoms with Gasteiger partial charge >= 0.3 is 7.12 Å². The fraction of sp³-hybridized carbons (Fsp3) is 0.176. The monoisotopic (exact) mass is 480 g/mol. The van der Waals surface area contributed by atoms with E-state index >= 15 is 0 Å². The second-order valence-electron chi connectivity index (χ2n) is 11.2. The van der Waals surface area contributed by atoms with Crippen molar-refractivity contribution in [1.29, 1.82) is 0 Å². The van der Waals surface area contributed by atoms with Gasteiger partial charge in [0, 0.05) is 0 Å². The smallest absolute Gasteiger partial charge is 0.399 e. The van der Waals surface area contributed by atoms with E-state index in [2.05, 4.69) is 131 Å². The van der Waals surface area contributed by atoms with Crippen LogP contribution >= 0.6 is 0 Å². The van der Waals surface area contributed by atoms with Crippen molar-refractivity contribution in [1.82, 2.24) is 0 Å². The normalized spacial score (nSPS) is 16.8. The van der Waals surface area contributed by atoms with Gasteiger partial charge in [0.2, 0.25) is 0 Å². The van der Waals surface area contributed by atoms with Gasteiger partial charge in [0.05, 0.1) is 11.2 Å². The predicted octanol–water partition coefficient (Wildman–Crippen LogP) is 8.12. The third-order valence-corrected chi connectivity index (χ3v) is 8.46. The van der Waals surface area contributed by atoms with Gasteiger partial charge in [-0.25, -0.2) is 0 Å². The zero-order chi connectivity index (χ0) is 25.4. The molecule has 180 valence electrons. The zero-order valence-corrected chi connectivity index (χ0v) is 21.7. The number of fused-ring (bicyclic) bond motifs is 3. The average molecular weight is 480 g/mol. The molecule has 1 fully saturated rings. The van der Waals surface area contributed by atoms with Gasteiger partial charge in [-0.3, -0.25) is 0 Å². The highest BCUT2D eigenvalue weighted by Gasteiger charge is 2.53. The van der Waals surface area contributed by atoms with Crippen LogP contribution in [0.15, 0.2) is 103 Å². The number of benzene rings is 5. The minimum atomic E-state index is -0.476. The summed E-state index contributed by atoms with van der Waals surface area (Å²) < 4.78 is 13.4. The molecular formula is C34H29BO2. The van der Waals surface area contributed by atoms with E-state index in [9.17, 15) is 0 Å². The Balaban J connectivity index is 1.63. The van der Waals surface area contributed by atoms with E-state index in [1.165, 1.54) is 55.3 Å². The van der Waals surface area contributed by atoms with Crippen LogP contribution in [0.2, 0.25) is 0 Å². The molecule has 0 aromatic heterocycles. The number of hydrogen-bond acceptors (Lipinski definition) is 2. The Morgan fingerprint density at radius 2 is 1.05 bits per heavy atom. The number of hydrogen-bond donors (Lipinski definition) is 0. The Morgan fingerprint density at radius 1 is 0.514 bits per heavy atom. The first kappa shape index (κ1) is 22.5. The lowest BCUT2D eigenvalue weighted by Crippen LogP contribution is -2.41. The molecule has 0 unspecified atom stereocenters. The van der Waals surface area contributed by atoms with Crippen LogP contribution in [0.3, 0.4) is 0 Å². The van der Waals surface area contributed by atoms with Crippen LogP contribution in [0.1, 0.15) is 27.7 Å². The minimum absolute atomic E-state index is 0.430. The van der Waals surface area contributed by atoms with Gasteiger partial charge in [0.15, 0.2) is 0 Å². The maximum atomic E-state index is 6.69. The molecular weight excluding hydrogens is 451 g/mol. The summed E-state index contributed by atoms with van der Waals surface area (Å²) in [7, 11) is -0.476. The molecule has 1 aliphatic carbocycles. The van der Waals surface area contributed by atoms with Gasteiger partial charge < -0.3 is 9.31 Å². The van der Waals surface area contributed by atoms with Crippen molar-refractivity contribution in [3.63, 3.8) is 0 Å². The van der Waals surface area contributed by atoms with Crippen LogP contribution in [0.4, 0.5) is 0 Å². The van der Waals surface area contributed by atoms with E-state index in [1.807, 2.05) is 0 Å². The summed E-state index contributed by atoms with van der Waals surface area (Å²) in [5.41, 5.74) is 10.1. The van der Waals surface area contributed by atoms with E-state index in [1.54, 1.807) is 0 Å². The standard InChI is InChI=1S/C34H29BO2/c1-33(2)34(3,4)37-35(36-33)28-21-27(22-13-7-5-8-14-22)31-25-19-11-17-23-18-12-20-26(29(23)25)32(31)30(28)24-15-9-6-10-16-24/h5-21H,1-4H3. The first-order chi connectivity index (χ1) is 17.9. The Morgan fingerprint density at radius 3 is 1.65 bits per heavy atom. The molecule has 5 aromatic carbocycles. The van der Waals surface area contributed by atoms with E-state index in [0.717, 1.165) is 5.46 Å². The third-order valence-electron chi connectivity index (χ3n) is 8.46. The predicted molar refractivity (Wildman–Crippen MR) is 155 cm³/mol. The minimum Gasteiger partial charge on any atom is -0.399 e. The summed E-state index contributed by atoms with van der Waals surface area (Å²) in [4.78, 5) is 0. The van der Waals surface area contributed by atoms with E-state index in [0.29, 0.717) is 0 Å². The summed E-state index contributed by atoms with van der Waals surface area (Å²) >= 11 is 0. The quantitative estimate of drug-likeness (QED) is 0.238. The Labute approximate surface area is 219 Å². The van der Waals surface area contributed by atoms with Crippen molar-refractivity contribution in [2.24, 2.45) is 0 Å². The lowest BCUT2D eigenvalue weighted by Gasteiger charge is -2.32. The average Bonchev–Trinajstić information content (AvgIpc) is 3.35. The second kappa shape index (κ2) is 7.92. The third kappa shape index (κ3) is 3.28. The Bertz CT molecular complexity index is 1650. The van der Waals surface area contributed by atoms with Gasteiger partial charge in [-0.1, -0.05) is 103 Å². The number of rotatable bonds is 3. The van der Waals surface area contributed by atoms with Crippen LogP contribution in [0, 0.1) is 0 Å². The summed E-state index contributed by atoms with van der Waals surface area (Å²) in [6.45, 7) is 8.49. The van der Waals surface area contributed by atoms with Crippen molar-refractivity contribution < 1.29 is 9.31 Å². The van der Waals surface area contributed by atoms with Crippen LogP contribution in [0.5, 0.6) is 0 Å². The van der Waals surface area contributed by atoms with Gasteiger partial charge in [-0.15, -0.1) is 0 Å². The molecule has 0 bridgehead atoms. The van der Waals surface area contributed by atoms with Gasteiger partial charge in [-0.2, -0.15) is 0 Å². The van der Waals surface area contributed by atoms with E-state index in [-0.39, 0.29) is 0 Å². The molecule has 2 nitrogen and oxygen atoms in total. The first-order valence-corrected chi connectivity index (χ1v) is 13.1. The molecule has 5 aromatic rings. The maximum absolute atomic E-state index is 6.69. The zero-order valence-electron chi connectivity index (χ0n) is 21.7. The Hall–Kier alpha value is -3.66. The summed E-state index contributed by atoms with van der Waals surface area (Å²) in [5, 5.41) is 2.59. The SMILES string of the molecule is CC1(C)OB(c2cc(-c3ccccc3)c3c(c2-c2ccccc2)-c2cccc4cccc-3c24)OC1(C)C. The summed E-state index contributed by atoms with van der Waals surface area (Å²) in [6, 6.07) is 37.1. The maximum Gasteiger partial charge on any atom is 0.495 e.